The molecule has 24 heavy (non-hydrogen) atoms. The lowest BCUT2D eigenvalue weighted by Crippen LogP contribution is -2.42. The molecule has 6 heteroatoms. The Morgan fingerprint density at radius 3 is 3.00 bits per heavy atom. The Morgan fingerprint density at radius 1 is 1.38 bits per heavy atom. The molecular formula is C18H27N5S. The highest BCUT2D eigenvalue weighted by molar-refractivity contribution is 7.99. The van der Waals surface area contributed by atoms with Gasteiger partial charge in [0.05, 0.1) is 11.0 Å². The summed E-state index contributed by atoms with van der Waals surface area (Å²) in [5.74, 6) is 1.93. The number of thioether (sulfide) groups is 1. The van der Waals surface area contributed by atoms with Crippen LogP contribution in [0.25, 0.3) is 11.0 Å². The fraction of sp³-hybridized carbons (Fsp3) is 0.556. The number of para-hydroxylation sites is 2. The second-order valence-electron chi connectivity index (χ2n) is 6.22. The van der Waals surface area contributed by atoms with Crippen molar-refractivity contribution in [2.75, 3.05) is 19.3 Å². The Hall–Kier alpha value is -1.69. The van der Waals surface area contributed by atoms with Gasteiger partial charge >= 0.3 is 0 Å². The van der Waals surface area contributed by atoms with Crippen LogP contribution in [-0.4, -0.2) is 46.6 Å². The van der Waals surface area contributed by atoms with Gasteiger partial charge in [0.2, 0.25) is 0 Å². The second kappa shape index (κ2) is 8.42. The molecule has 2 unspecified atom stereocenters. The van der Waals surface area contributed by atoms with Gasteiger partial charge in [0.25, 0.3) is 0 Å². The van der Waals surface area contributed by atoms with Crippen molar-refractivity contribution in [2.45, 2.75) is 43.9 Å². The standard InChI is InChI=1S/C18H27N5S/c1-3-19-18(21-13-8-9-14(12-13)24-2)20-11-10-17-22-15-6-4-5-7-16(15)23-17/h4-7,13-14H,3,8-12H2,1-2H3,(H,22,23)(H2,19,20,21). The number of benzene rings is 1. The van der Waals surface area contributed by atoms with Crippen molar-refractivity contribution >= 4 is 28.8 Å². The first-order chi connectivity index (χ1) is 11.8. The van der Waals surface area contributed by atoms with Gasteiger partial charge in [0, 0.05) is 30.8 Å². The Kier molecular flexibility index (Phi) is 6.01. The molecule has 1 aliphatic carbocycles. The molecule has 3 N–H and O–H groups in total. The van der Waals surface area contributed by atoms with Gasteiger partial charge in [-0.05, 0) is 44.6 Å². The van der Waals surface area contributed by atoms with Crippen molar-refractivity contribution in [1.29, 1.82) is 0 Å². The molecule has 0 spiro atoms. The summed E-state index contributed by atoms with van der Waals surface area (Å²) in [6.45, 7) is 3.72. The summed E-state index contributed by atoms with van der Waals surface area (Å²) in [6, 6.07) is 8.68. The first-order valence-corrected chi connectivity index (χ1v) is 10.1. The average Bonchev–Trinajstić information content (AvgIpc) is 3.20. The molecule has 1 saturated carbocycles. The zero-order valence-corrected chi connectivity index (χ0v) is 15.3. The van der Waals surface area contributed by atoms with Crippen LogP contribution < -0.4 is 10.6 Å². The molecule has 0 bridgehead atoms. The van der Waals surface area contributed by atoms with E-state index in [-0.39, 0.29) is 0 Å². The van der Waals surface area contributed by atoms with Crippen LogP contribution in [-0.2, 0) is 6.42 Å². The predicted molar refractivity (Wildman–Crippen MR) is 104 cm³/mol. The molecular weight excluding hydrogens is 318 g/mol. The van der Waals surface area contributed by atoms with Gasteiger partial charge in [-0.1, -0.05) is 12.1 Å². The Balaban J connectivity index is 1.55. The molecule has 130 valence electrons. The van der Waals surface area contributed by atoms with Gasteiger partial charge < -0.3 is 15.6 Å². The molecule has 0 saturated heterocycles. The Morgan fingerprint density at radius 2 is 2.25 bits per heavy atom. The zero-order valence-electron chi connectivity index (χ0n) is 14.5. The number of aromatic nitrogens is 2. The number of imidazole rings is 1. The number of guanidine groups is 1. The SMILES string of the molecule is CCNC(=NCCc1nc2ccccc2[nH]1)NC1CCC(SC)C1. The van der Waals surface area contributed by atoms with Gasteiger partial charge in [0.15, 0.2) is 5.96 Å². The van der Waals surface area contributed by atoms with Gasteiger partial charge in [-0.3, -0.25) is 4.99 Å². The molecule has 1 aliphatic rings. The minimum atomic E-state index is 0.548. The molecule has 1 heterocycles. The van der Waals surface area contributed by atoms with Crippen LogP contribution in [0.1, 0.15) is 32.0 Å². The maximum atomic E-state index is 4.72. The Labute approximate surface area is 148 Å². The molecule has 0 amide bonds. The second-order valence-corrected chi connectivity index (χ2v) is 7.36. The van der Waals surface area contributed by atoms with E-state index in [0.29, 0.717) is 6.04 Å². The lowest BCUT2D eigenvalue weighted by atomic mass is 10.2. The van der Waals surface area contributed by atoms with Crippen LogP contribution in [0.4, 0.5) is 0 Å². The van der Waals surface area contributed by atoms with Crippen molar-refractivity contribution in [2.24, 2.45) is 4.99 Å². The van der Waals surface area contributed by atoms with Crippen LogP contribution in [0, 0.1) is 0 Å². The van der Waals surface area contributed by atoms with E-state index in [0.717, 1.165) is 47.6 Å². The predicted octanol–water partition coefficient (Wildman–Crippen LogP) is 2.94. The topological polar surface area (TPSA) is 65.1 Å². The van der Waals surface area contributed by atoms with E-state index in [1.807, 2.05) is 30.0 Å². The number of aromatic amines is 1. The summed E-state index contributed by atoms with van der Waals surface area (Å²) in [5.41, 5.74) is 2.12. The minimum absolute atomic E-state index is 0.548. The van der Waals surface area contributed by atoms with E-state index in [9.17, 15) is 0 Å². The van der Waals surface area contributed by atoms with Crippen molar-refractivity contribution in [3.8, 4) is 0 Å². The molecule has 0 aliphatic heterocycles. The van der Waals surface area contributed by atoms with Crippen LogP contribution in [0.2, 0.25) is 0 Å². The fourth-order valence-electron chi connectivity index (χ4n) is 3.20. The third kappa shape index (κ3) is 4.44. The van der Waals surface area contributed by atoms with E-state index >= 15 is 0 Å². The average molecular weight is 346 g/mol. The minimum Gasteiger partial charge on any atom is -0.357 e. The van der Waals surface area contributed by atoms with Crippen molar-refractivity contribution in [3.63, 3.8) is 0 Å². The van der Waals surface area contributed by atoms with E-state index in [1.165, 1.54) is 19.3 Å². The van der Waals surface area contributed by atoms with Gasteiger partial charge in [-0.25, -0.2) is 4.98 Å². The van der Waals surface area contributed by atoms with Crippen LogP contribution >= 0.6 is 11.8 Å². The normalized spacial score (nSPS) is 21.3. The fourth-order valence-corrected chi connectivity index (χ4v) is 3.99. The maximum Gasteiger partial charge on any atom is 0.191 e. The highest BCUT2D eigenvalue weighted by atomic mass is 32.2. The molecule has 1 aromatic carbocycles. The van der Waals surface area contributed by atoms with Crippen LogP contribution in [0.3, 0.4) is 0 Å². The van der Waals surface area contributed by atoms with Gasteiger partial charge in [0.1, 0.15) is 5.82 Å². The lowest BCUT2D eigenvalue weighted by molar-refractivity contribution is 0.615. The molecule has 2 aromatic rings. The first kappa shape index (κ1) is 17.1. The van der Waals surface area contributed by atoms with Gasteiger partial charge in [-0.2, -0.15) is 11.8 Å². The van der Waals surface area contributed by atoms with Crippen LogP contribution in [0.15, 0.2) is 29.3 Å². The summed E-state index contributed by atoms with van der Waals surface area (Å²) in [7, 11) is 0. The van der Waals surface area contributed by atoms with E-state index < -0.39 is 0 Å². The zero-order chi connectivity index (χ0) is 16.8. The number of rotatable bonds is 6. The number of fused-ring (bicyclic) bond motifs is 1. The van der Waals surface area contributed by atoms with E-state index in [1.54, 1.807) is 0 Å². The largest absolute Gasteiger partial charge is 0.357 e. The number of aliphatic imine (C=N–C) groups is 1. The Bertz CT molecular complexity index is 648. The third-order valence-corrected chi connectivity index (χ3v) is 5.55. The summed E-state index contributed by atoms with van der Waals surface area (Å²) in [5, 5.41) is 7.74. The smallest absolute Gasteiger partial charge is 0.191 e. The molecule has 1 aromatic heterocycles. The monoisotopic (exact) mass is 345 g/mol. The third-order valence-electron chi connectivity index (χ3n) is 4.46. The number of nitrogens with one attached hydrogen (secondary N) is 3. The van der Waals surface area contributed by atoms with E-state index in [4.69, 9.17) is 4.99 Å². The van der Waals surface area contributed by atoms with E-state index in [2.05, 4.69) is 39.8 Å². The highest BCUT2D eigenvalue weighted by Crippen LogP contribution is 2.28. The highest BCUT2D eigenvalue weighted by Gasteiger charge is 2.24. The van der Waals surface area contributed by atoms with Crippen molar-refractivity contribution < 1.29 is 0 Å². The summed E-state index contributed by atoms with van der Waals surface area (Å²) in [6.07, 6.45) is 6.80. The molecule has 2 atom stereocenters. The summed E-state index contributed by atoms with van der Waals surface area (Å²) < 4.78 is 0. The van der Waals surface area contributed by atoms with Gasteiger partial charge in [-0.15, -0.1) is 0 Å². The number of nitrogens with zero attached hydrogens (tertiary/aromatic N) is 2. The molecule has 0 radical (unpaired) electrons. The van der Waals surface area contributed by atoms with Crippen molar-refractivity contribution in [1.82, 2.24) is 20.6 Å². The lowest BCUT2D eigenvalue weighted by Gasteiger charge is -2.17. The summed E-state index contributed by atoms with van der Waals surface area (Å²) >= 11 is 1.98. The molecule has 5 nitrogen and oxygen atoms in total. The quantitative estimate of drug-likeness (QED) is 0.556. The first-order valence-electron chi connectivity index (χ1n) is 8.79. The number of H-pyrrole nitrogens is 1. The summed E-state index contributed by atoms with van der Waals surface area (Å²) in [4.78, 5) is 12.7. The van der Waals surface area contributed by atoms with Crippen LogP contribution in [0.5, 0.6) is 0 Å². The number of hydrogen-bond donors (Lipinski definition) is 3. The number of hydrogen-bond acceptors (Lipinski definition) is 3. The van der Waals surface area contributed by atoms with Crippen molar-refractivity contribution in [3.05, 3.63) is 30.1 Å². The molecule has 3 rings (SSSR count). The molecule has 1 fully saturated rings. The maximum absolute atomic E-state index is 4.72.